The SMILES string of the molecule is Cn1cncc1C1(N2CCOCC2)c2ccc(Cl)c(c2)CCc2cccc(c2)-c2cc(=O)n(C3CC3)c3ccc1cc23. The second kappa shape index (κ2) is 9.94. The van der Waals surface area contributed by atoms with Gasteiger partial charge in [-0.25, -0.2) is 4.98 Å². The number of halogens is 1. The number of benzene rings is 3. The number of fused-ring (bicyclic) bond motifs is 6. The fourth-order valence-corrected chi connectivity index (χ4v) is 7.50. The molecule has 1 atom stereocenters. The smallest absolute Gasteiger partial charge is 0.251 e. The third-order valence-corrected chi connectivity index (χ3v) is 9.81. The number of ether oxygens (including phenoxy) is 1. The van der Waals surface area contributed by atoms with Crippen LogP contribution in [-0.2, 0) is 30.2 Å². The summed E-state index contributed by atoms with van der Waals surface area (Å²) in [7, 11) is 2.07. The highest BCUT2D eigenvalue weighted by Gasteiger charge is 2.45. The van der Waals surface area contributed by atoms with Gasteiger partial charge < -0.3 is 13.9 Å². The zero-order valence-electron chi connectivity index (χ0n) is 23.7. The number of pyridine rings is 1. The number of aromatic nitrogens is 3. The van der Waals surface area contributed by atoms with E-state index in [1.54, 1.807) is 0 Å². The lowest BCUT2D eigenvalue weighted by atomic mass is 9.76. The maximum Gasteiger partial charge on any atom is 0.251 e. The molecule has 0 spiro atoms. The van der Waals surface area contributed by atoms with Crippen LogP contribution in [0.25, 0.3) is 22.0 Å². The van der Waals surface area contributed by atoms with Gasteiger partial charge in [0.25, 0.3) is 5.56 Å². The van der Waals surface area contributed by atoms with Crippen LogP contribution in [0, 0.1) is 0 Å². The monoisotopic (exact) mass is 576 g/mol. The van der Waals surface area contributed by atoms with Crippen molar-refractivity contribution in [1.29, 1.82) is 0 Å². The molecular weight excluding hydrogens is 544 g/mol. The van der Waals surface area contributed by atoms with E-state index in [2.05, 4.69) is 82.2 Å². The maximum atomic E-state index is 13.6. The average molecular weight is 577 g/mol. The minimum atomic E-state index is -0.646. The van der Waals surface area contributed by atoms with Gasteiger partial charge in [0.1, 0.15) is 5.54 Å². The number of rotatable bonds is 3. The second-order valence-electron chi connectivity index (χ2n) is 11.9. The molecule has 3 aliphatic rings. The predicted molar refractivity (Wildman–Crippen MR) is 166 cm³/mol. The van der Waals surface area contributed by atoms with Crippen LogP contribution in [0.3, 0.4) is 0 Å². The summed E-state index contributed by atoms with van der Waals surface area (Å²) >= 11 is 6.88. The Balaban J connectivity index is 1.53. The Labute approximate surface area is 250 Å². The van der Waals surface area contributed by atoms with Crippen LogP contribution in [0.4, 0.5) is 0 Å². The topological polar surface area (TPSA) is 52.3 Å². The summed E-state index contributed by atoms with van der Waals surface area (Å²) in [6, 6.07) is 24.1. The van der Waals surface area contributed by atoms with E-state index >= 15 is 0 Å². The highest BCUT2D eigenvalue weighted by atomic mass is 35.5. The molecule has 6 bridgehead atoms. The van der Waals surface area contributed by atoms with Crippen LogP contribution >= 0.6 is 11.6 Å². The van der Waals surface area contributed by atoms with Crippen molar-refractivity contribution in [2.45, 2.75) is 37.3 Å². The first kappa shape index (κ1) is 26.0. The van der Waals surface area contributed by atoms with E-state index in [1.807, 2.05) is 23.2 Å². The van der Waals surface area contributed by atoms with Crippen LogP contribution in [-0.4, -0.2) is 45.3 Å². The zero-order chi connectivity index (χ0) is 28.4. The Bertz CT molecular complexity index is 1900. The Morgan fingerprint density at radius 2 is 1.76 bits per heavy atom. The molecule has 212 valence electrons. The first-order valence-electron chi connectivity index (χ1n) is 14.9. The van der Waals surface area contributed by atoms with Gasteiger partial charge in [0.05, 0.1) is 36.9 Å². The lowest BCUT2D eigenvalue weighted by Crippen LogP contribution is -2.53. The van der Waals surface area contributed by atoms with Crippen LogP contribution in [0.15, 0.2) is 84.0 Å². The number of hydrogen-bond donors (Lipinski definition) is 0. The van der Waals surface area contributed by atoms with E-state index in [-0.39, 0.29) is 11.6 Å². The lowest BCUT2D eigenvalue weighted by Gasteiger charge is -2.47. The number of hydrogen-bond acceptors (Lipinski definition) is 4. The fraction of sp³-hybridized carbons (Fsp3) is 0.314. The number of aryl methyl sites for hydroxylation is 3. The van der Waals surface area contributed by atoms with Crippen LogP contribution in [0.1, 0.15) is 46.8 Å². The predicted octanol–water partition coefficient (Wildman–Crippen LogP) is 6.11. The summed E-state index contributed by atoms with van der Waals surface area (Å²) < 4.78 is 10.0. The molecule has 6 nitrogen and oxygen atoms in total. The van der Waals surface area contributed by atoms with Crippen molar-refractivity contribution < 1.29 is 4.74 Å². The van der Waals surface area contributed by atoms with E-state index in [0.717, 1.165) is 88.2 Å². The number of nitrogens with zero attached hydrogens (tertiary/aromatic N) is 4. The zero-order valence-corrected chi connectivity index (χ0v) is 24.5. The molecule has 1 aliphatic heterocycles. The van der Waals surface area contributed by atoms with Gasteiger partial charge in [-0.1, -0.05) is 54.1 Å². The largest absolute Gasteiger partial charge is 0.379 e. The third kappa shape index (κ3) is 4.00. The standard InChI is InChI=1S/C35H33ClN4O2/c1-38-22-37-21-33(38)35(39-13-15-42-16-14-39)26-7-11-31(36)25(18-26)6-5-23-3-2-4-24(17-23)29-20-34(41)40(28-9-10-28)32-12-8-27(35)19-30(29)32/h2-4,7-8,11-12,17-22,28H,5-6,9-10,13-16H2,1H3. The molecule has 3 heterocycles. The van der Waals surface area contributed by atoms with Gasteiger partial charge in [-0.3, -0.25) is 9.69 Å². The lowest BCUT2D eigenvalue weighted by molar-refractivity contribution is 0.000416. The summed E-state index contributed by atoms with van der Waals surface area (Å²) in [5, 5.41) is 1.88. The summed E-state index contributed by atoms with van der Waals surface area (Å²) in [5.74, 6) is 0. The first-order chi connectivity index (χ1) is 20.5. The molecule has 2 aliphatic carbocycles. The average Bonchev–Trinajstić information content (AvgIpc) is 3.76. The van der Waals surface area contributed by atoms with Crippen molar-refractivity contribution >= 4 is 22.5 Å². The van der Waals surface area contributed by atoms with Gasteiger partial charge in [-0.15, -0.1) is 0 Å². The number of morpholine rings is 1. The highest BCUT2D eigenvalue weighted by Crippen LogP contribution is 2.46. The second-order valence-corrected chi connectivity index (χ2v) is 12.3. The van der Waals surface area contributed by atoms with Gasteiger partial charge in [0, 0.05) is 42.7 Å². The van der Waals surface area contributed by atoms with Crippen LogP contribution < -0.4 is 5.56 Å². The summed E-state index contributed by atoms with van der Waals surface area (Å²) in [4.78, 5) is 20.8. The maximum absolute atomic E-state index is 13.6. The quantitative estimate of drug-likeness (QED) is 0.260. The fourth-order valence-electron chi connectivity index (χ4n) is 7.28. The first-order valence-corrected chi connectivity index (χ1v) is 15.3. The van der Waals surface area contributed by atoms with Crippen molar-refractivity contribution in [1.82, 2.24) is 19.0 Å². The Hall–Kier alpha value is -3.71. The van der Waals surface area contributed by atoms with Crippen LogP contribution in [0.5, 0.6) is 0 Å². The molecule has 0 N–H and O–H groups in total. The van der Waals surface area contributed by atoms with E-state index in [0.29, 0.717) is 13.2 Å². The van der Waals surface area contributed by atoms with Crippen molar-refractivity contribution in [3.8, 4) is 11.1 Å². The normalized spacial score (nSPS) is 20.7. The number of imidazole rings is 1. The minimum Gasteiger partial charge on any atom is -0.379 e. The Kier molecular flexibility index (Phi) is 6.14. The molecular formula is C35H33ClN4O2. The van der Waals surface area contributed by atoms with E-state index < -0.39 is 5.54 Å². The molecule has 1 saturated carbocycles. The molecule has 2 fully saturated rings. The van der Waals surface area contributed by atoms with Gasteiger partial charge in [-0.2, -0.15) is 0 Å². The molecule has 0 radical (unpaired) electrons. The van der Waals surface area contributed by atoms with Gasteiger partial charge >= 0.3 is 0 Å². The Morgan fingerprint density at radius 3 is 2.55 bits per heavy atom. The molecule has 1 unspecified atom stereocenters. The van der Waals surface area contributed by atoms with Crippen molar-refractivity contribution in [3.63, 3.8) is 0 Å². The van der Waals surface area contributed by atoms with E-state index in [9.17, 15) is 4.79 Å². The molecule has 7 heteroatoms. The molecule has 8 rings (SSSR count). The summed E-state index contributed by atoms with van der Waals surface area (Å²) in [6.45, 7) is 2.87. The van der Waals surface area contributed by atoms with Crippen LogP contribution in [0.2, 0.25) is 5.02 Å². The molecule has 0 amide bonds. The Morgan fingerprint density at radius 1 is 0.952 bits per heavy atom. The van der Waals surface area contributed by atoms with Gasteiger partial charge in [0.2, 0.25) is 0 Å². The third-order valence-electron chi connectivity index (χ3n) is 9.44. The molecule has 42 heavy (non-hydrogen) atoms. The van der Waals surface area contributed by atoms with Crippen molar-refractivity contribution in [2.75, 3.05) is 26.3 Å². The highest BCUT2D eigenvalue weighted by molar-refractivity contribution is 6.31. The summed E-state index contributed by atoms with van der Waals surface area (Å²) in [6.07, 6.45) is 7.65. The minimum absolute atomic E-state index is 0.0759. The molecule has 3 aromatic carbocycles. The van der Waals surface area contributed by atoms with E-state index in [1.165, 1.54) is 5.56 Å². The van der Waals surface area contributed by atoms with E-state index in [4.69, 9.17) is 16.3 Å². The molecule has 5 aromatic rings. The van der Waals surface area contributed by atoms with Crippen molar-refractivity contribution in [3.05, 3.63) is 123 Å². The van der Waals surface area contributed by atoms with Gasteiger partial charge in [0.15, 0.2) is 0 Å². The molecule has 2 aromatic heterocycles. The van der Waals surface area contributed by atoms with Gasteiger partial charge in [-0.05, 0) is 77.3 Å². The van der Waals surface area contributed by atoms with Crippen molar-refractivity contribution in [2.24, 2.45) is 7.05 Å². The summed E-state index contributed by atoms with van der Waals surface area (Å²) in [5.41, 5.74) is 8.25. The molecule has 1 saturated heterocycles.